The second-order valence-electron chi connectivity index (χ2n) is 1.96. The third-order valence-electron chi connectivity index (χ3n) is 1.24. The Labute approximate surface area is 66.6 Å². The van der Waals surface area contributed by atoms with E-state index in [-0.39, 0.29) is 5.91 Å². The summed E-state index contributed by atoms with van der Waals surface area (Å²) >= 11 is 3.29. The molecule has 0 atom stereocenters. The Balaban J connectivity index is 2.39. The summed E-state index contributed by atoms with van der Waals surface area (Å²) in [6.45, 7) is 0. The van der Waals surface area contributed by atoms with Gasteiger partial charge in [-0.3, -0.25) is 4.79 Å². The number of carbonyl (C=O) groups is 1. The number of nitrogens with one attached hydrogen (secondary N) is 1. The highest BCUT2D eigenvalue weighted by Crippen LogP contribution is 2.35. The van der Waals surface area contributed by atoms with Crippen molar-refractivity contribution in [2.75, 3.05) is 11.1 Å². The molecule has 0 bridgehead atoms. The minimum Gasteiger partial charge on any atom is -0.324 e. The van der Waals surface area contributed by atoms with Crippen LogP contribution < -0.4 is 5.32 Å². The van der Waals surface area contributed by atoms with E-state index in [4.69, 9.17) is 0 Å². The van der Waals surface area contributed by atoms with Crippen molar-refractivity contribution in [1.29, 1.82) is 0 Å². The van der Waals surface area contributed by atoms with Gasteiger partial charge < -0.3 is 5.32 Å². The number of rotatable bonds is 0. The van der Waals surface area contributed by atoms with Crippen LogP contribution in [0, 0.1) is 0 Å². The number of hydrogen-bond donors (Lipinski definition) is 1. The molecule has 0 aliphatic carbocycles. The number of hydrogen-bond acceptors (Lipinski definition) is 3. The highest BCUT2D eigenvalue weighted by Gasteiger charge is 2.15. The lowest BCUT2D eigenvalue weighted by Gasteiger charge is -2.10. The fourth-order valence-corrected chi connectivity index (χ4v) is 2.62. The monoisotopic (exact) mass is 171 g/mol. The molecule has 0 aromatic carbocycles. The zero-order valence-corrected chi connectivity index (χ0v) is 6.72. The molecule has 1 N–H and O–H groups in total. The molecule has 0 saturated carbocycles. The van der Waals surface area contributed by atoms with Crippen LogP contribution in [0.3, 0.4) is 0 Å². The second-order valence-corrected chi connectivity index (χ2v) is 4.12. The summed E-state index contributed by atoms with van der Waals surface area (Å²) in [5, 5.41) is 4.78. The van der Waals surface area contributed by atoms with Gasteiger partial charge >= 0.3 is 0 Å². The van der Waals surface area contributed by atoms with Crippen LogP contribution in [0.4, 0.5) is 5.69 Å². The van der Waals surface area contributed by atoms with E-state index in [1.165, 1.54) is 4.21 Å². The van der Waals surface area contributed by atoms with Crippen molar-refractivity contribution in [3.8, 4) is 0 Å². The third kappa shape index (κ3) is 0.932. The number of carbonyl (C=O) groups excluding carboxylic acids is 1. The summed E-state index contributed by atoms with van der Waals surface area (Å²) in [5.74, 6) is 0.670. The summed E-state index contributed by atoms with van der Waals surface area (Å²) in [6, 6.07) is 1.93. The molecule has 2 nitrogen and oxygen atoms in total. The fourth-order valence-electron chi connectivity index (χ4n) is 0.817. The van der Waals surface area contributed by atoms with Gasteiger partial charge in [-0.2, -0.15) is 0 Å². The highest BCUT2D eigenvalue weighted by atomic mass is 32.2. The Morgan fingerprint density at radius 2 is 2.50 bits per heavy atom. The van der Waals surface area contributed by atoms with Crippen LogP contribution in [0.2, 0.25) is 0 Å². The summed E-state index contributed by atoms with van der Waals surface area (Å²) in [6.07, 6.45) is 0. The van der Waals surface area contributed by atoms with Crippen molar-refractivity contribution in [2.24, 2.45) is 0 Å². The second kappa shape index (κ2) is 2.29. The Kier molecular flexibility index (Phi) is 1.43. The van der Waals surface area contributed by atoms with E-state index in [1.807, 2.05) is 11.4 Å². The van der Waals surface area contributed by atoms with Gasteiger partial charge in [0.1, 0.15) is 0 Å². The molecule has 0 spiro atoms. The molecule has 0 saturated heterocycles. The van der Waals surface area contributed by atoms with Gasteiger partial charge in [-0.05, 0) is 11.4 Å². The van der Waals surface area contributed by atoms with Crippen LogP contribution in [-0.2, 0) is 4.79 Å². The number of thioether (sulfide) groups is 1. The molecular formula is C6H5NOS2. The standard InChI is InChI=1S/C6H5NOS2/c8-5-3-10-6-4(7-5)1-2-9-6/h1-2H,3H2,(H,7,8). The molecule has 2 heterocycles. The van der Waals surface area contributed by atoms with Crippen molar-refractivity contribution < 1.29 is 4.79 Å². The van der Waals surface area contributed by atoms with E-state index in [0.29, 0.717) is 5.75 Å². The van der Waals surface area contributed by atoms with Crippen molar-refractivity contribution in [2.45, 2.75) is 4.21 Å². The SMILES string of the molecule is O=C1CSc2sccc2N1. The molecule has 0 fully saturated rings. The molecule has 52 valence electrons. The maximum atomic E-state index is 10.8. The number of thiophene rings is 1. The van der Waals surface area contributed by atoms with Gasteiger partial charge in [0.2, 0.25) is 5.91 Å². The van der Waals surface area contributed by atoms with E-state index in [2.05, 4.69) is 5.32 Å². The van der Waals surface area contributed by atoms with Crippen LogP contribution >= 0.6 is 23.1 Å². The van der Waals surface area contributed by atoms with Gasteiger partial charge in [-0.15, -0.1) is 23.1 Å². The topological polar surface area (TPSA) is 29.1 Å². The quantitative estimate of drug-likeness (QED) is 0.644. The van der Waals surface area contributed by atoms with Gasteiger partial charge in [0.05, 0.1) is 15.6 Å². The van der Waals surface area contributed by atoms with Crippen molar-refractivity contribution in [3.63, 3.8) is 0 Å². The summed E-state index contributed by atoms with van der Waals surface area (Å²) in [4.78, 5) is 10.8. The summed E-state index contributed by atoms with van der Waals surface area (Å²) in [5.41, 5.74) is 0.978. The average Bonchev–Trinajstić information content (AvgIpc) is 2.33. The Hall–Kier alpha value is -0.480. The normalized spacial score (nSPS) is 16.2. The Bertz CT molecular complexity index is 268. The van der Waals surface area contributed by atoms with Gasteiger partial charge in [0.25, 0.3) is 0 Å². The average molecular weight is 171 g/mol. The van der Waals surface area contributed by atoms with Gasteiger partial charge in [0.15, 0.2) is 0 Å². The van der Waals surface area contributed by atoms with E-state index in [9.17, 15) is 4.79 Å². The lowest BCUT2D eigenvalue weighted by Crippen LogP contribution is -2.17. The highest BCUT2D eigenvalue weighted by molar-refractivity contribution is 8.02. The largest absolute Gasteiger partial charge is 0.324 e. The zero-order valence-electron chi connectivity index (χ0n) is 5.09. The van der Waals surface area contributed by atoms with E-state index < -0.39 is 0 Å². The molecule has 1 aliphatic rings. The van der Waals surface area contributed by atoms with E-state index >= 15 is 0 Å². The van der Waals surface area contributed by atoms with Crippen molar-refractivity contribution in [1.82, 2.24) is 0 Å². The fraction of sp³-hybridized carbons (Fsp3) is 0.167. The van der Waals surface area contributed by atoms with Gasteiger partial charge in [0, 0.05) is 0 Å². The molecule has 2 rings (SSSR count). The maximum absolute atomic E-state index is 10.8. The molecule has 1 aromatic rings. The molecule has 1 aliphatic heterocycles. The minimum absolute atomic E-state index is 0.107. The molecule has 0 unspecified atom stereocenters. The van der Waals surface area contributed by atoms with Crippen LogP contribution in [0.1, 0.15) is 0 Å². The predicted octanol–water partition coefficient (Wildman–Crippen LogP) is 1.79. The molecule has 1 aromatic heterocycles. The first-order valence-electron chi connectivity index (χ1n) is 2.86. The first-order valence-corrected chi connectivity index (χ1v) is 4.73. The van der Waals surface area contributed by atoms with Gasteiger partial charge in [-0.1, -0.05) is 0 Å². The summed E-state index contributed by atoms with van der Waals surface area (Å²) < 4.78 is 1.22. The zero-order chi connectivity index (χ0) is 6.97. The van der Waals surface area contributed by atoms with Crippen LogP contribution in [-0.4, -0.2) is 11.7 Å². The van der Waals surface area contributed by atoms with E-state index in [1.54, 1.807) is 23.1 Å². The van der Waals surface area contributed by atoms with Crippen molar-refractivity contribution >= 4 is 34.7 Å². The van der Waals surface area contributed by atoms with Crippen LogP contribution in [0.25, 0.3) is 0 Å². The van der Waals surface area contributed by atoms with Gasteiger partial charge in [-0.25, -0.2) is 0 Å². The summed E-state index contributed by atoms with van der Waals surface area (Å²) in [7, 11) is 0. The predicted molar refractivity (Wildman–Crippen MR) is 43.7 cm³/mol. The maximum Gasteiger partial charge on any atom is 0.234 e. The first kappa shape index (κ1) is 6.24. The van der Waals surface area contributed by atoms with Crippen LogP contribution in [0.5, 0.6) is 0 Å². The molecule has 4 heteroatoms. The Morgan fingerprint density at radius 1 is 1.60 bits per heavy atom. The Morgan fingerprint density at radius 3 is 3.40 bits per heavy atom. The molecular weight excluding hydrogens is 166 g/mol. The minimum atomic E-state index is 0.107. The van der Waals surface area contributed by atoms with E-state index in [0.717, 1.165) is 5.69 Å². The number of fused-ring (bicyclic) bond motifs is 1. The first-order chi connectivity index (χ1) is 4.86. The lowest BCUT2D eigenvalue weighted by molar-refractivity contribution is -0.113. The smallest absolute Gasteiger partial charge is 0.234 e. The molecule has 10 heavy (non-hydrogen) atoms. The van der Waals surface area contributed by atoms with Crippen molar-refractivity contribution in [3.05, 3.63) is 11.4 Å². The third-order valence-corrected chi connectivity index (χ3v) is 3.48. The number of amides is 1. The molecule has 0 radical (unpaired) electrons. The number of anilines is 1. The van der Waals surface area contributed by atoms with Crippen LogP contribution in [0.15, 0.2) is 15.7 Å². The molecule has 1 amide bonds. The lowest BCUT2D eigenvalue weighted by atomic mass is 10.5.